The molecule has 3 aromatic rings. The normalized spacial score (nSPS) is 20.1. The van der Waals surface area contributed by atoms with Gasteiger partial charge in [0.2, 0.25) is 5.96 Å². The minimum atomic E-state index is -1.06. The van der Waals surface area contributed by atoms with E-state index in [-0.39, 0.29) is 11.6 Å². The summed E-state index contributed by atoms with van der Waals surface area (Å²) in [4.78, 5) is 26.5. The number of aromatic nitrogens is 2. The molecule has 1 aromatic heterocycles. The molecular formula is C28H29F2N5O. The molecule has 36 heavy (non-hydrogen) atoms. The summed E-state index contributed by atoms with van der Waals surface area (Å²) in [7, 11) is 0. The van der Waals surface area contributed by atoms with E-state index in [1.54, 1.807) is 12.4 Å². The van der Waals surface area contributed by atoms with Gasteiger partial charge >= 0.3 is 0 Å². The van der Waals surface area contributed by atoms with Crippen molar-refractivity contribution >= 4 is 17.6 Å². The van der Waals surface area contributed by atoms with Crippen LogP contribution in [0.1, 0.15) is 66.2 Å². The second kappa shape index (κ2) is 10.9. The van der Waals surface area contributed by atoms with Gasteiger partial charge in [-0.05, 0) is 86.3 Å². The maximum Gasteiger partial charge on any atom is 0.258 e. The number of carbonyl (C=O) groups excluding carboxylic acids is 1. The molecule has 0 aliphatic heterocycles. The van der Waals surface area contributed by atoms with Gasteiger partial charge in [0.05, 0.1) is 6.04 Å². The second-order valence-corrected chi connectivity index (χ2v) is 9.59. The van der Waals surface area contributed by atoms with Gasteiger partial charge in [0.25, 0.3) is 5.91 Å². The Morgan fingerprint density at radius 3 is 2.39 bits per heavy atom. The summed E-state index contributed by atoms with van der Waals surface area (Å²) < 4.78 is 27.1. The number of amides is 1. The fraction of sp³-hybridized carbons (Fsp3) is 0.357. The lowest BCUT2D eigenvalue weighted by atomic mass is 9.84. The molecule has 0 radical (unpaired) electrons. The molecule has 0 saturated heterocycles. The van der Waals surface area contributed by atoms with E-state index in [9.17, 15) is 13.6 Å². The Morgan fingerprint density at radius 1 is 0.917 bits per heavy atom. The van der Waals surface area contributed by atoms with E-state index in [4.69, 9.17) is 4.99 Å². The van der Waals surface area contributed by atoms with Crippen LogP contribution in [-0.4, -0.2) is 27.9 Å². The molecule has 2 saturated carbocycles. The molecular weight excluding hydrogens is 460 g/mol. The lowest BCUT2D eigenvalue weighted by molar-refractivity contribution is 0.0976. The molecule has 8 heteroatoms. The van der Waals surface area contributed by atoms with Crippen LogP contribution >= 0.6 is 0 Å². The van der Waals surface area contributed by atoms with Crippen LogP contribution in [0.4, 0.5) is 14.5 Å². The summed E-state index contributed by atoms with van der Waals surface area (Å²) in [5, 5.41) is 6.13. The van der Waals surface area contributed by atoms with Gasteiger partial charge in [0.1, 0.15) is 5.82 Å². The van der Waals surface area contributed by atoms with Crippen LogP contribution in [0.25, 0.3) is 0 Å². The second-order valence-electron chi connectivity index (χ2n) is 9.59. The molecule has 1 heterocycles. The molecule has 0 bridgehead atoms. The number of rotatable bonds is 6. The summed E-state index contributed by atoms with van der Waals surface area (Å²) in [6.45, 7) is 0. The fourth-order valence-corrected chi connectivity index (χ4v) is 4.76. The number of carbonyl (C=O) groups is 1. The van der Waals surface area contributed by atoms with Crippen molar-refractivity contribution in [3.05, 3.63) is 89.5 Å². The van der Waals surface area contributed by atoms with E-state index in [2.05, 4.69) is 26.7 Å². The Bertz CT molecular complexity index is 1240. The molecule has 2 aromatic carbocycles. The Balaban J connectivity index is 1.31. The summed E-state index contributed by atoms with van der Waals surface area (Å²) in [6, 6.07) is 13.0. The van der Waals surface area contributed by atoms with Crippen molar-refractivity contribution in [3.8, 4) is 0 Å². The van der Waals surface area contributed by atoms with Crippen LogP contribution in [0.2, 0.25) is 0 Å². The average molecular weight is 490 g/mol. The summed E-state index contributed by atoms with van der Waals surface area (Å²) >= 11 is 0. The first-order valence-corrected chi connectivity index (χ1v) is 12.5. The number of hydrogen-bond donors (Lipinski definition) is 2. The van der Waals surface area contributed by atoms with E-state index in [0.717, 1.165) is 68.6 Å². The zero-order chi connectivity index (χ0) is 24.9. The quantitative estimate of drug-likeness (QED) is 0.347. The number of hydrogen-bond acceptors (Lipinski definition) is 4. The molecule has 2 aliphatic carbocycles. The van der Waals surface area contributed by atoms with Crippen molar-refractivity contribution < 1.29 is 13.6 Å². The molecule has 5 rings (SSSR count). The Kier molecular flexibility index (Phi) is 7.30. The van der Waals surface area contributed by atoms with Gasteiger partial charge < -0.3 is 5.32 Å². The molecule has 6 nitrogen and oxygen atoms in total. The molecule has 0 unspecified atom stereocenters. The third-order valence-corrected chi connectivity index (χ3v) is 6.86. The zero-order valence-electron chi connectivity index (χ0n) is 20.0. The predicted octanol–water partition coefficient (Wildman–Crippen LogP) is 5.63. The SMILES string of the molecule is O=C(NC(=NC1CCC(Cc2ncccn2)CC1)Nc1ccccc1C1CC1)c1ccc(F)c(F)c1. The van der Waals surface area contributed by atoms with Crippen molar-refractivity contribution in [2.24, 2.45) is 10.9 Å². The number of anilines is 1. The van der Waals surface area contributed by atoms with E-state index in [0.29, 0.717) is 17.8 Å². The number of halogens is 2. The van der Waals surface area contributed by atoms with Crippen molar-refractivity contribution in [3.63, 3.8) is 0 Å². The van der Waals surface area contributed by atoms with Gasteiger partial charge in [0, 0.05) is 30.1 Å². The standard InChI is InChI=1S/C28H29F2N5O/c29-23-13-10-20(17-24(23)30)27(36)35-28(34-25-5-2-1-4-22(25)19-8-9-19)33-21-11-6-18(7-12-21)16-26-31-14-3-15-32-26/h1-5,10,13-15,17-19,21H,6-9,11-12,16H2,(H2,33,34,35,36). The molecule has 2 fully saturated rings. The molecule has 186 valence electrons. The van der Waals surface area contributed by atoms with E-state index in [1.807, 2.05) is 24.3 Å². The Hall–Kier alpha value is -3.68. The van der Waals surface area contributed by atoms with Crippen molar-refractivity contribution in [1.29, 1.82) is 0 Å². The van der Waals surface area contributed by atoms with Gasteiger partial charge in [0.15, 0.2) is 11.6 Å². The van der Waals surface area contributed by atoms with E-state index < -0.39 is 17.5 Å². The largest absolute Gasteiger partial charge is 0.326 e. The van der Waals surface area contributed by atoms with Crippen LogP contribution in [0, 0.1) is 17.6 Å². The van der Waals surface area contributed by atoms with Gasteiger partial charge in [-0.1, -0.05) is 18.2 Å². The van der Waals surface area contributed by atoms with E-state index >= 15 is 0 Å². The van der Waals surface area contributed by atoms with Crippen LogP contribution in [-0.2, 0) is 6.42 Å². The smallest absolute Gasteiger partial charge is 0.258 e. The van der Waals surface area contributed by atoms with Crippen LogP contribution < -0.4 is 10.6 Å². The molecule has 0 atom stereocenters. The van der Waals surface area contributed by atoms with Gasteiger partial charge in [-0.3, -0.25) is 10.1 Å². The maximum atomic E-state index is 13.7. The molecule has 2 N–H and O–H groups in total. The third-order valence-electron chi connectivity index (χ3n) is 6.86. The van der Waals surface area contributed by atoms with Gasteiger partial charge in [-0.15, -0.1) is 0 Å². The Morgan fingerprint density at radius 2 is 1.67 bits per heavy atom. The number of aliphatic imine (C=N–C) groups is 1. The maximum absolute atomic E-state index is 13.7. The van der Waals surface area contributed by atoms with E-state index in [1.165, 1.54) is 11.6 Å². The molecule has 0 spiro atoms. The highest BCUT2D eigenvalue weighted by atomic mass is 19.2. The molecule has 1 amide bonds. The fourth-order valence-electron chi connectivity index (χ4n) is 4.76. The number of nitrogens with zero attached hydrogens (tertiary/aromatic N) is 3. The zero-order valence-corrected chi connectivity index (χ0v) is 20.0. The lowest BCUT2D eigenvalue weighted by Gasteiger charge is -2.26. The number of guanidine groups is 1. The monoisotopic (exact) mass is 489 g/mol. The Labute approximate surface area is 209 Å². The molecule has 2 aliphatic rings. The van der Waals surface area contributed by atoms with Crippen LogP contribution in [0.15, 0.2) is 65.9 Å². The first-order chi connectivity index (χ1) is 17.5. The first kappa shape index (κ1) is 24.0. The number of benzene rings is 2. The topological polar surface area (TPSA) is 79.3 Å². The summed E-state index contributed by atoms with van der Waals surface area (Å²) in [5.41, 5.74) is 2.13. The lowest BCUT2D eigenvalue weighted by Crippen LogP contribution is -2.38. The highest BCUT2D eigenvalue weighted by Gasteiger charge is 2.27. The minimum Gasteiger partial charge on any atom is -0.326 e. The highest BCUT2D eigenvalue weighted by Crippen LogP contribution is 2.43. The predicted molar refractivity (Wildman–Crippen MR) is 135 cm³/mol. The highest BCUT2D eigenvalue weighted by molar-refractivity contribution is 6.10. The van der Waals surface area contributed by atoms with Crippen LogP contribution in [0.5, 0.6) is 0 Å². The van der Waals surface area contributed by atoms with Gasteiger partial charge in [-0.25, -0.2) is 23.7 Å². The average Bonchev–Trinajstić information content (AvgIpc) is 3.73. The first-order valence-electron chi connectivity index (χ1n) is 12.5. The van der Waals surface area contributed by atoms with Crippen molar-refractivity contribution in [2.75, 3.05) is 5.32 Å². The third kappa shape index (κ3) is 6.11. The van der Waals surface area contributed by atoms with Gasteiger partial charge in [-0.2, -0.15) is 0 Å². The summed E-state index contributed by atoms with van der Waals surface area (Å²) in [6.07, 6.45) is 10.4. The van der Waals surface area contributed by atoms with Crippen LogP contribution in [0.3, 0.4) is 0 Å². The number of nitrogens with one attached hydrogen (secondary N) is 2. The number of para-hydroxylation sites is 1. The van der Waals surface area contributed by atoms with Crippen molar-refractivity contribution in [2.45, 2.75) is 56.9 Å². The summed E-state index contributed by atoms with van der Waals surface area (Å²) in [5.74, 6) is -0.396. The minimum absolute atomic E-state index is 0.0328. The van der Waals surface area contributed by atoms with Crippen molar-refractivity contribution in [1.82, 2.24) is 15.3 Å².